The molecule has 0 bridgehead atoms. The summed E-state index contributed by atoms with van der Waals surface area (Å²) >= 11 is 6.08. The predicted octanol–water partition coefficient (Wildman–Crippen LogP) is 3.46. The Bertz CT molecular complexity index is 1010. The van der Waals surface area contributed by atoms with Gasteiger partial charge in [-0.2, -0.15) is 9.78 Å². The molecule has 1 heterocycles. The number of hydrogen-bond donors (Lipinski definition) is 1. The number of carbonyl (C=O) groups is 1. The lowest BCUT2D eigenvalue weighted by Gasteiger charge is -2.12. The Kier molecular flexibility index (Phi) is 5.04. The summed E-state index contributed by atoms with van der Waals surface area (Å²) in [6.07, 6.45) is 0. The highest BCUT2D eigenvalue weighted by Gasteiger charge is 2.19. The quantitative estimate of drug-likeness (QED) is 0.764. The smallest absolute Gasteiger partial charge is 0.280 e. The maximum atomic E-state index is 12.7. The fourth-order valence-corrected chi connectivity index (χ4v) is 2.55. The van der Waals surface area contributed by atoms with Crippen LogP contribution in [0.15, 0.2) is 59.4 Å². The molecule has 0 aliphatic carbocycles. The van der Waals surface area contributed by atoms with Gasteiger partial charge in [-0.05, 0) is 31.2 Å². The summed E-state index contributed by atoms with van der Waals surface area (Å²) in [5.74, 6) is -0.446. The van der Waals surface area contributed by atoms with Gasteiger partial charge in [-0.3, -0.25) is 9.59 Å². The van der Waals surface area contributed by atoms with Crippen LogP contribution in [-0.2, 0) is 0 Å². The van der Waals surface area contributed by atoms with E-state index in [0.29, 0.717) is 16.4 Å². The lowest BCUT2D eigenvalue weighted by atomic mass is 10.2. The number of carbonyl (C=O) groups excluding carboxylic acids is 1. The molecule has 3 aromatic rings. The number of benzene rings is 2. The zero-order valence-corrected chi connectivity index (χ0v) is 14.9. The largest absolute Gasteiger partial charge is 0.494 e. The number of anilines is 1. The third-order valence-corrected chi connectivity index (χ3v) is 4.06. The van der Waals surface area contributed by atoms with Crippen LogP contribution in [0.3, 0.4) is 0 Å². The molecular weight excluding hydrogens is 354 g/mol. The fourth-order valence-electron chi connectivity index (χ4n) is 2.37. The molecule has 1 aromatic heterocycles. The summed E-state index contributed by atoms with van der Waals surface area (Å²) in [5, 5.41) is 7.27. The Hall–Kier alpha value is -3.12. The van der Waals surface area contributed by atoms with Crippen molar-refractivity contribution < 1.29 is 9.53 Å². The van der Waals surface area contributed by atoms with Gasteiger partial charge in [0.25, 0.3) is 11.5 Å². The molecule has 132 valence electrons. The van der Waals surface area contributed by atoms with Crippen molar-refractivity contribution in [2.75, 3.05) is 12.4 Å². The molecule has 1 amide bonds. The van der Waals surface area contributed by atoms with Crippen LogP contribution in [0.5, 0.6) is 5.75 Å². The SMILES string of the molecule is COc1cc(=O)n(-c2ccc(C)cc2)nc1C(=O)Nc1ccccc1Cl. The van der Waals surface area contributed by atoms with Gasteiger partial charge in [-0.25, -0.2) is 0 Å². The number of amides is 1. The number of aromatic nitrogens is 2. The van der Waals surface area contributed by atoms with E-state index in [1.54, 1.807) is 36.4 Å². The van der Waals surface area contributed by atoms with Gasteiger partial charge in [0.05, 0.1) is 29.6 Å². The molecule has 26 heavy (non-hydrogen) atoms. The highest BCUT2D eigenvalue weighted by Crippen LogP contribution is 2.22. The predicted molar refractivity (Wildman–Crippen MR) is 101 cm³/mol. The van der Waals surface area contributed by atoms with E-state index in [0.717, 1.165) is 10.2 Å². The molecule has 0 aliphatic rings. The van der Waals surface area contributed by atoms with Crippen LogP contribution >= 0.6 is 11.6 Å². The molecule has 3 rings (SSSR count). The van der Waals surface area contributed by atoms with Gasteiger partial charge in [0, 0.05) is 0 Å². The molecule has 0 fully saturated rings. The maximum Gasteiger partial charge on any atom is 0.280 e. The topological polar surface area (TPSA) is 73.2 Å². The molecule has 7 heteroatoms. The minimum atomic E-state index is -0.532. The second-order valence-electron chi connectivity index (χ2n) is 5.58. The first-order valence-electron chi connectivity index (χ1n) is 7.81. The first-order valence-corrected chi connectivity index (χ1v) is 8.18. The molecule has 0 atom stereocenters. The number of rotatable bonds is 4. The van der Waals surface area contributed by atoms with Crippen molar-refractivity contribution in [2.45, 2.75) is 6.92 Å². The van der Waals surface area contributed by atoms with Gasteiger partial charge < -0.3 is 10.1 Å². The van der Waals surface area contributed by atoms with Crippen molar-refractivity contribution in [3.8, 4) is 11.4 Å². The second kappa shape index (κ2) is 7.41. The molecular formula is C19H16ClN3O3. The normalized spacial score (nSPS) is 10.4. The lowest BCUT2D eigenvalue weighted by molar-refractivity contribution is 0.101. The number of ether oxygens (including phenoxy) is 1. The molecule has 0 radical (unpaired) electrons. The molecule has 0 saturated heterocycles. The zero-order chi connectivity index (χ0) is 18.7. The Balaban J connectivity index is 2.04. The molecule has 0 unspecified atom stereocenters. The second-order valence-corrected chi connectivity index (χ2v) is 5.99. The number of hydrogen-bond acceptors (Lipinski definition) is 4. The average molecular weight is 370 g/mol. The van der Waals surface area contributed by atoms with Crippen LogP contribution in [0.1, 0.15) is 16.1 Å². The maximum absolute atomic E-state index is 12.7. The van der Waals surface area contributed by atoms with E-state index >= 15 is 0 Å². The van der Waals surface area contributed by atoms with Crippen molar-refractivity contribution in [1.82, 2.24) is 9.78 Å². The molecule has 0 saturated carbocycles. The first-order chi connectivity index (χ1) is 12.5. The fraction of sp³-hybridized carbons (Fsp3) is 0.105. The van der Waals surface area contributed by atoms with Crippen LogP contribution in [0.4, 0.5) is 5.69 Å². The average Bonchev–Trinajstić information content (AvgIpc) is 2.64. The highest BCUT2D eigenvalue weighted by atomic mass is 35.5. The molecule has 2 aromatic carbocycles. The van der Waals surface area contributed by atoms with E-state index in [2.05, 4.69) is 10.4 Å². The van der Waals surface area contributed by atoms with E-state index < -0.39 is 11.5 Å². The minimum Gasteiger partial charge on any atom is -0.494 e. The van der Waals surface area contributed by atoms with Crippen LogP contribution in [0, 0.1) is 6.92 Å². The van der Waals surface area contributed by atoms with Gasteiger partial charge in [0.15, 0.2) is 11.4 Å². The highest BCUT2D eigenvalue weighted by molar-refractivity contribution is 6.33. The molecule has 6 nitrogen and oxygen atoms in total. The summed E-state index contributed by atoms with van der Waals surface area (Å²) < 4.78 is 6.31. The van der Waals surface area contributed by atoms with Crippen molar-refractivity contribution >= 4 is 23.2 Å². The minimum absolute atomic E-state index is 0.0207. The van der Waals surface area contributed by atoms with Gasteiger partial charge in [-0.15, -0.1) is 0 Å². The summed E-state index contributed by atoms with van der Waals surface area (Å²) in [4.78, 5) is 25.0. The van der Waals surface area contributed by atoms with Crippen LogP contribution in [0.25, 0.3) is 5.69 Å². The Morgan fingerprint density at radius 3 is 2.50 bits per heavy atom. The zero-order valence-electron chi connectivity index (χ0n) is 14.2. The number of aryl methyl sites for hydroxylation is 1. The summed E-state index contributed by atoms with van der Waals surface area (Å²) in [5.41, 5.74) is 1.62. The van der Waals surface area contributed by atoms with Crippen molar-refractivity contribution in [3.05, 3.63) is 81.2 Å². The summed E-state index contributed by atoms with van der Waals surface area (Å²) in [6.45, 7) is 1.94. The van der Waals surface area contributed by atoms with Crippen molar-refractivity contribution in [2.24, 2.45) is 0 Å². The van der Waals surface area contributed by atoms with Gasteiger partial charge >= 0.3 is 0 Å². The summed E-state index contributed by atoms with van der Waals surface area (Å²) in [7, 11) is 1.37. The Morgan fingerprint density at radius 1 is 1.15 bits per heavy atom. The van der Waals surface area contributed by atoms with E-state index in [9.17, 15) is 9.59 Å². The number of nitrogens with zero attached hydrogens (tertiary/aromatic N) is 2. The number of methoxy groups -OCH3 is 1. The van der Waals surface area contributed by atoms with Crippen LogP contribution < -0.4 is 15.6 Å². The van der Waals surface area contributed by atoms with Crippen LogP contribution in [-0.4, -0.2) is 22.8 Å². The van der Waals surface area contributed by atoms with E-state index in [1.807, 2.05) is 19.1 Å². The third-order valence-electron chi connectivity index (χ3n) is 3.73. The summed E-state index contributed by atoms with van der Waals surface area (Å²) in [6, 6.07) is 15.3. The molecule has 0 aliphatic heterocycles. The first kappa shape index (κ1) is 17.7. The van der Waals surface area contributed by atoms with Gasteiger partial charge in [0.2, 0.25) is 0 Å². The number of nitrogens with one attached hydrogen (secondary N) is 1. The standard InChI is InChI=1S/C19H16ClN3O3/c1-12-7-9-13(10-8-12)23-17(24)11-16(26-2)18(22-23)19(25)21-15-6-4-3-5-14(15)20/h3-11H,1-2H3,(H,21,25). The third kappa shape index (κ3) is 3.60. The Morgan fingerprint density at radius 2 is 1.85 bits per heavy atom. The lowest BCUT2D eigenvalue weighted by Crippen LogP contribution is -2.26. The van der Waals surface area contributed by atoms with E-state index in [4.69, 9.17) is 16.3 Å². The van der Waals surface area contributed by atoms with Crippen molar-refractivity contribution in [3.63, 3.8) is 0 Å². The molecule has 1 N–H and O–H groups in total. The van der Waals surface area contributed by atoms with Crippen molar-refractivity contribution in [1.29, 1.82) is 0 Å². The number of halogens is 1. The van der Waals surface area contributed by atoms with Gasteiger partial charge in [0.1, 0.15) is 0 Å². The number of para-hydroxylation sites is 1. The Labute approximate surface area is 155 Å². The molecule has 0 spiro atoms. The van der Waals surface area contributed by atoms with Gasteiger partial charge in [-0.1, -0.05) is 41.4 Å². The van der Waals surface area contributed by atoms with Crippen LogP contribution in [0.2, 0.25) is 5.02 Å². The van der Waals surface area contributed by atoms with E-state index in [1.165, 1.54) is 13.2 Å². The monoisotopic (exact) mass is 369 g/mol. The van der Waals surface area contributed by atoms with E-state index in [-0.39, 0.29) is 11.4 Å².